The van der Waals surface area contributed by atoms with Crippen LogP contribution in [0.2, 0.25) is 19.6 Å². The van der Waals surface area contributed by atoms with Crippen molar-refractivity contribution in [1.29, 1.82) is 0 Å². The molecule has 0 radical (unpaired) electrons. The number of aliphatic hydroxyl groups excluding tert-OH is 1. The lowest BCUT2D eigenvalue weighted by Gasteiger charge is -2.18. The Morgan fingerprint density at radius 1 is 1.41 bits per heavy atom. The van der Waals surface area contributed by atoms with E-state index in [0.29, 0.717) is 0 Å². The van der Waals surface area contributed by atoms with Crippen molar-refractivity contribution in [3.8, 4) is 0 Å². The minimum atomic E-state index is -1.95. The molecule has 11 heteroatoms. The second-order valence-electron chi connectivity index (χ2n) is 8.77. The summed E-state index contributed by atoms with van der Waals surface area (Å²) in [5, 5.41) is 9.65. The van der Waals surface area contributed by atoms with Crippen LogP contribution in [0.25, 0.3) is 6.08 Å². The van der Waals surface area contributed by atoms with Gasteiger partial charge in [0.15, 0.2) is 30.9 Å². The van der Waals surface area contributed by atoms with Gasteiger partial charge in [0.2, 0.25) is 0 Å². The maximum Gasteiger partial charge on any atom is 0.344 e. The van der Waals surface area contributed by atoms with Gasteiger partial charge in [-0.25, -0.2) is 18.5 Å². The fourth-order valence-corrected chi connectivity index (χ4v) is 3.93. The first-order valence-corrected chi connectivity index (χ1v) is 13.7. The highest BCUT2D eigenvalue weighted by atomic mass is 28.3. The minimum absolute atomic E-state index is 0.167. The average Bonchev–Trinajstić information content (AvgIpc) is 3.02. The second-order valence-corrected chi connectivity index (χ2v) is 13.8. The Hall–Kier alpha value is -2.89. The largest absolute Gasteiger partial charge is 0.452 e. The first-order valence-electron chi connectivity index (χ1n) is 10.1. The standard InChI is InChI=1S/C21H26FN3O6Si/c1-24-8-5-6-14(10-24)20(28)31-17-15(12-26)30-19(16(17)22)25-11-13(7-9-32(2,3)4)18(27)23-21(25)29/h5-11,15-17,19,26H,12H2,1-4H3/p+1/b9-7+. The molecule has 2 N–H and O–H groups in total. The summed E-state index contributed by atoms with van der Waals surface area (Å²) in [4.78, 5) is 39.2. The van der Waals surface area contributed by atoms with Crippen molar-refractivity contribution in [2.24, 2.45) is 7.05 Å². The molecule has 0 aromatic carbocycles. The Labute approximate surface area is 184 Å². The molecule has 172 valence electrons. The van der Waals surface area contributed by atoms with E-state index in [4.69, 9.17) is 9.47 Å². The number of hydrogen-bond donors (Lipinski definition) is 2. The number of alkyl halides is 1. The van der Waals surface area contributed by atoms with Gasteiger partial charge in [-0.05, 0) is 6.07 Å². The number of ether oxygens (including phenoxy) is 2. The summed E-state index contributed by atoms with van der Waals surface area (Å²) in [5.74, 6) is -0.788. The number of carbonyl (C=O) groups is 1. The molecule has 4 atom stereocenters. The summed E-state index contributed by atoms with van der Waals surface area (Å²) < 4.78 is 28.7. The van der Waals surface area contributed by atoms with Crippen LogP contribution in [0.4, 0.5) is 4.39 Å². The number of halogens is 1. The van der Waals surface area contributed by atoms with Crippen LogP contribution < -0.4 is 15.8 Å². The number of aromatic amines is 1. The summed E-state index contributed by atoms with van der Waals surface area (Å²) in [5.41, 5.74) is 0.803. The third-order valence-corrected chi connectivity index (χ3v) is 6.06. The quantitative estimate of drug-likeness (QED) is 0.370. The van der Waals surface area contributed by atoms with Gasteiger partial charge in [-0.1, -0.05) is 31.4 Å². The summed E-state index contributed by atoms with van der Waals surface area (Å²) in [7, 11) is 0.0793. The smallest absolute Gasteiger partial charge is 0.344 e. The van der Waals surface area contributed by atoms with Crippen molar-refractivity contribution in [2.45, 2.75) is 44.2 Å². The van der Waals surface area contributed by atoms with Gasteiger partial charge < -0.3 is 14.6 Å². The van der Waals surface area contributed by atoms with E-state index in [1.807, 2.05) is 5.70 Å². The lowest BCUT2D eigenvalue weighted by molar-refractivity contribution is -0.671. The number of nitrogens with one attached hydrogen (secondary N) is 1. The Morgan fingerprint density at radius 3 is 2.75 bits per heavy atom. The Balaban J connectivity index is 1.90. The zero-order valence-electron chi connectivity index (χ0n) is 18.3. The number of pyridine rings is 1. The zero-order chi connectivity index (χ0) is 23.6. The van der Waals surface area contributed by atoms with Crippen molar-refractivity contribution in [1.82, 2.24) is 9.55 Å². The van der Waals surface area contributed by atoms with E-state index in [1.165, 1.54) is 18.5 Å². The lowest BCUT2D eigenvalue weighted by atomic mass is 10.1. The topological polar surface area (TPSA) is 114 Å². The molecule has 0 spiro atoms. The van der Waals surface area contributed by atoms with Crippen LogP contribution in [0.5, 0.6) is 0 Å². The van der Waals surface area contributed by atoms with Crippen LogP contribution in [-0.4, -0.2) is 53.7 Å². The van der Waals surface area contributed by atoms with E-state index in [-0.39, 0.29) is 11.1 Å². The highest BCUT2D eigenvalue weighted by Gasteiger charge is 2.49. The van der Waals surface area contributed by atoms with E-state index >= 15 is 4.39 Å². The number of nitrogens with zero attached hydrogens (tertiary/aromatic N) is 2. The predicted octanol–water partition coefficient (Wildman–Crippen LogP) is 0.705. The van der Waals surface area contributed by atoms with Gasteiger partial charge >= 0.3 is 11.7 Å². The molecule has 1 fully saturated rings. The van der Waals surface area contributed by atoms with Crippen LogP contribution in [0, 0.1) is 0 Å². The molecular weight excluding hydrogens is 437 g/mol. The van der Waals surface area contributed by atoms with Gasteiger partial charge in [0.05, 0.1) is 20.2 Å². The highest BCUT2D eigenvalue weighted by Crippen LogP contribution is 2.33. The van der Waals surface area contributed by atoms with Crippen LogP contribution in [0.15, 0.2) is 46.0 Å². The molecule has 1 aliphatic heterocycles. The van der Waals surface area contributed by atoms with E-state index in [1.54, 1.807) is 30.0 Å². The second kappa shape index (κ2) is 9.31. The maximum absolute atomic E-state index is 15.3. The number of carbonyl (C=O) groups excluding carboxylic acids is 1. The van der Waals surface area contributed by atoms with E-state index in [0.717, 1.165) is 4.57 Å². The van der Waals surface area contributed by atoms with Gasteiger partial charge in [-0.15, -0.1) is 0 Å². The molecule has 2 aromatic heterocycles. The molecular formula is C21H27FN3O6Si+. The average molecular weight is 465 g/mol. The lowest BCUT2D eigenvalue weighted by Crippen LogP contribution is -2.38. The van der Waals surface area contributed by atoms with Crippen molar-refractivity contribution >= 4 is 20.1 Å². The zero-order valence-corrected chi connectivity index (χ0v) is 19.3. The third kappa shape index (κ3) is 5.29. The Bertz CT molecular complexity index is 1140. The van der Waals surface area contributed by atoms with Crippen molar-refractivity contribution in [3.05, 3.63) is 68.4 Å². The van der Waals surface area contributed by atoms with Crippen LogP contribution in [0.1, 0.15) is 22.1 Å². The molecule has 4 unspecified atom stereocenters. The van der Waals surface area contributed by atoms with Crippen molar-refractivity contribution in [2.75, 3.05) is 6.61 Å². The van der Waals surface area contributed by atoms with Crippen LogP contribution in [0.3, 0.4) is 0 Å². The Morgan fingerprint density at radius 2 is 2.12 bits per heavy atom. The molecule has 0 saturated carbocycles. The number of H-pyrrole nitrogens is 1. The number of aliphatic hydroxyl groups is 1. The van der Waals surface area contributed by atoms with Crippen LogP contribution in [-0.2, 0) is 16.5 Å². The van der Waals surface area contributed by atoms with E-state index in [9.17, 15) is 19.5 Å². The SMILES string of the molecule is C[n+]1cccc(C(=O)OC2C(CO)OC(n3cc(/C=C/[Si](C)(C)C)c(=O)[nH]c3=O)C2F)c1. The minimum Gasteiger partial charge on any atom is -0.452 e. The summed E-state index contributed by atoms with van der Waals surface area (Å²) in [6.45, 7) is 5.59. The molecule has 0 amide bonds. The first-order chi connectivity index (χ1) is 15.0. The third-order valence-electron chi connectivity index (χ3n) is 4.90. The fraction of sp³-hybridized carbons (Fsp3) is 0.429. The van der Waals surface area contributed by atoms with Gasteiger partial charge in [0.1, 0.15) is 18.7 Å². The van der Waals surface area contributed by atoms with Gasteiger partial charge in [0, 0.05) is 12.3 Å². The first kappa shape index (κ1) is 23.8. The van der Waals surface area contributed by atoms with Crippen molar-refractivity contribution < 1.29 is 28.3 Å². The molecule has 1 aliphatic rings. The van der Waals surface area contributed by atoms with Crippen molar-refractivity contribution in [3.63, 3.8) is 0 Å². The summed E-state index contributed by atoms with van der Waals surface area (Å²) in [6, 6.07) is 3.15. The van der Waals surface area contributed by atoms with E-state index in [2.05, 4.69) is 24.6 Å². The number of aromatic nitrogens is 3. The Kier molecular flexibility index (Phi) is 6.91. The molecule has 9 nitrogen and oxygen atoms in total. The molecule has 0 bridgehead atoms. The number of hydrogen-bond acceptors (Lipinski definition) is 6. The summed E-state index contributed by atoms with van der Waals surface area (Å²) >= 11 is 0. The summed E-state index contributed by atoms with van der Waals surface area (Å²) in [6.07, 6.45) is -0.0213. The predicted molar refractivity (Wildman–Crippen MR) is 116 cm³/mol. The van der Waals surface area contributed by atoms with Gasteiger partial charge in [-0.2, -0.15) is 0 Å². The monoisotopic (exact) mass is 464 g/mol. The molecule has 1 saturated heterocycles. The van der Waals surface area contributed by atoms with E-state index < -0.39 is 56.5 Å². The highest BCUT2D eigenvalue weighted by molar-refractivity contribution is 6.81. The fourth-order valence-electron chi connectivity index (χ4n) is 3.25. The molecule has 3 rings (SSSR count). The van der Waals surface area contributed by atoms with Crippen LogP contribution >= 0.6 is 0 Å². The molecule has 0 aliphatic carbocycles. The van der Waals surface area contributed by atoms with Gasteiger partial charge in [-0.3, -0.25) is 14.3 Å². The molecule has 3 heterocycles. The molecule has 32 heavy (non-hydrogen) atoms. The normalized spacial score (nSPS) is 23.6. The van der Waals surface area contributed by atoms with Gasteiger partial charge in [0.25, 0.3) is 5.56 Å². The number of aryl methyl sites for hydroxylation is 1. The molecule has 2 aromatic rings. The number of rotatable bonds is 6. The maximum atomic E-state index is 15.3. The number of esters is 1.